The van der Waals surface area contributed by atoms with Crippen molar-refractivity contribution in [3.05, 3.63) is 6.10 Å². The van der Waals surface area contributed by atoms with Crippen LogP contribution in [0, 0.1) is 6.10 Å². The molecular formula is C9H15O6. The van der Waals surface area contributed by atoms with E-state index in [4.69, 9.17) is 0 Å². The Hall–Kier alpha value is -1.46. The third kappa shape index (κ3) is 7.60. The molecule has 0 unspecified atom stereocenters. The zero-order valence-electron chi connectivity index (χ0n) is 9.07. The Kier molecular flexibility index (Phi) is 7.13. The summed E-state index contributed by atoms with van der Waals surface area (Å²) in [5, 5.41) is 0. The van der Waals surface area contributed by atoms with E-state index in [0.717, 1.165) is 0 Å². The molecule has 0 amide bonds. The molecule has 0 atom stereocenters. The largest absolute Gasteiger partial charge is 0.508 e. The molecule has 0 aromatic carbocycles. The van der Waals surface area contributed by atoms with E-state index in [0.29, 0.717) is 12.5 Å². The van der Waals surface area contributed by atoms with E-state index >= 15 is 0 Å². The van der Waals surface area contributed by atoms with Crippen LogP contribution in [-0.4, -0.2) is 32.6 Å². The highest BCUT2D eigenvalue weighted by atomic mass is 16.7. The maximum absolute atomic E-state index is 10.7. The highest BCUT2D eigenvalue weighted by Crippen LogP contribution is 2.08. The molecule has 0 saturated carbocycles. The van der Waals surface area contributed by atoms with Gasteiger partial charge < -0.3 is 18.9 Å². The van der Waals surface area contributed by atoms with E-state index in [-0.39, 0.29) is 13.2 Å². The summed E-state index contributed by atoms with van der Waals surface area (Å²) in [7, 11) is 1.21. The van der Waals surface area contributed by atoms with Crippen LogP contribution in [0.3, 0.4) is 0 Å². The fourth-order valence-electron chi connectivity index (χ4n) is 0.673. The van der Waals surface area contributed by atoms with Gasteiger partial charge in [0.05, 0.1) is 20.3 Å². The van der Waals surface area contributed by atoms with Gasteiger partial charge in [0.2, 0.25) is 0 Å². The summed E-state index contributed by atoms with van der Waals surface area (Å²) in [6.45, 7) is 3.63. The van der Waals surface area contributed by atoms with Gasteiger partial charge in [-0.3, -0.25) is 0 Å². The second-order valence-corrected chi connectivity index (χ2v) is 2.54. The zero-order valence-corrected chi connectivity index (χ0v) is 9.07. The molecule has 0 aliphatic carbocycles. The van der Waals surface area contributed by atoms with Gasteiger partial charge in [-0.1, -0.05) is 0 Å². The predicted molar refractivity (Wildman–Crippen MR) is 50.0 cm³/mol. The average Bonchev–Trinajstić information content (AvgIpc) is 2.18. The van der Waals surface area contributed by atoms with Crippen molar-refractivity contribution in [3.8, 4) is 0 Å². The van der Waals surface area contributed by atoms with Gasteiger partial charge in [-0.2, -0.15) is 0 Å². The monoisotopic (exact) mass is 219 g/mol. The van der Waals surface area contributed by atoms with Crippen molar-refractivity contribution in [2.24, 2.45) is 0 Å². The summed E-state index contributed by atoms with van der Waals surface area (Å²) < 4.78 is 18.1. The molecule has 0 aromatic heterocycles. The molecule has 0 bridgehead atoms. The lowest BCUT2D eigenvalue weighted by molar-refractivity contribution is 0.0476. The van der Waals surface area contributed by atoms with Gasteiger partial charge in [-0.05, 0) is 13.8 Å². The van der Waals surface area contributed by atoms with Crippen LogP contribution in [0.15, 0.2) is 0 Å². The lowest BCUT2D eigenvalue weighted by Crippen LogP contribution is -2.13. The van der Waals surface area contributed by atoms with Crippen LogP contribution in [-0.2, 0) is 18.9 Å². The summed E-state index contributed by atoms with van der Waals surface area (Å²) in [5.74, 6) is 0. The highest BCUT2D eigenvalue weighted by Gasteiger charge is 2.11. The molecule has 0 rings (SSSR count). The van der Waals surface area contributed by atoms with Gasteiger partial charge in [-0.15, -0.1) is 0 Å². The summed E-state index contributed by atoms with van der Waals surface area (Å²) in [6.07, 6.45) is -0.799. The van der Waals surface area contributed by atoms with Crippen molar-refractivity contribution in [1.29, 1.82) is 0 Å². The fraction of sp³-hybridized carbons (Fsp3) is 0.667. The maximum atomic E-state index is 10.7. The SMILES string of the molecule is CCOC(=O)OCC[C](C)OC(=O)OC. The Labute approximate surface area is 88.4 Å². The van der Waals surface area contributed by atoms with E-state index in [1.807, 2.05) is 0 Å². The van der Waals surface area contributed by atoms with E-state index in [2.05, 4.69) is 18.9 Å². The summed E-state index contributed by atoms with van der Waals surface area (Å²) in [6, 6.07) is 0. The van der Waals surface area contributed by atoms with Crippen molar-refractivity contribution >= 4 is 12.3 Å². The molecule has 6 heteroatoms. The summed E-state index contributed by atoms with van der Waals surface area (Å²) in [4.78, 5) is 21.3. The molecule has 0 heterocycles. The van der Waals surface area contributed by atoms with E-state index in [9.17, 15) is 9.59 Å². The van der Waals surface area contributed by atoms with Crippen LogP contribution in [0.5, 0.6) is 0 Å². The first-order valence-electron chi connectivity index (χ1n) is 4.48. The standard InChI is InChI=1S/C9H15O6/c1-4-13-9(11)14-6-5-7(2)15-8(10)12-3/h4-6H2,1-3H3. The van der Waals surface area contributed by atoms with Crippen molar-refractivity contribution in [3.63, 3.8) is 0 Å². The van der Waals surface area contributed by atoms with Gasteiger partial charge in [-0.25, -0.2) is 9.59 Å². The molecule has 87 valence electrons. The molecule has 0 aliphatic heterocycles. The minimum absolute atomic E-state index is 0.0989. The van der Waals surface area contributed by atoms with Crippen LogP contribution in [0.2, 0.25) is 0 Å². The third-order valence-electron chi connectivity index (χ3n) is 1.36. The van der Waals surface area contributed by atoms with Gasteiger partial charge in [0, 0.05) is 6.42 Å². The number of carbonyl (C=O) groups is 2. The van der Waals surface area contributed by atoms with E-state index < -0.39 is 12.3 Å². The second-order valence-electron chi connectivity index (χ2n) is 2.54. The molecule has 1 radical (unpaired) electrons. The van der Waals surface area contributed by atoms with Crippen molar-refractivity contribution in [2.45, 2.75) is 20.3 Å². The quantitative estimate of drug-likeness (QED) is 0.657. The highest BCUT2D eigenvalue weighted by molar-refractivity contribution is 5.60. The lowest BCUT2D eigenvalue weighted by atomic mass is 10.3. The van der Waals surface area contributed by atoms with Gasteiger partial charge in [0.15, 0.2) is 6.10 Å². The van der Waals surface area contributed by atoms with Gasteiger partial charge in [0.25, 0.3) is 0 Å². The number of carbonyl (C=O) groups excluding carboxylic acids is 2. The molecule has 0 fully saturated rings. The molecule has 0 saturated heterocycles. The Morgan fingerprint density at radius 1 is 1.13 bits per heavy atom. The number of hydrogen-bond donors (Lipinski definition) is 0. The number of ether oxygens (including phenoxy) is 4. The molecule has 0 spiro atoms. The molecule has 6 nitrogen and oxygen atoms in total. The predicted octanol–water partition coefficient (Wildman–Crippen LogP) is 1.88. The van der Waals surface area contributed by atoms with E-state index in [1.165, 1.54) is 7.11 Å². The Balaban J connectivity index is 3.50. The first-order valence-corrected chi connectivity index (χ1v) is 4.48. The van der Waals surface area contributed by atoms with Crippen LogP contribution in [0.4, 0.5) is 9.59 Å². The molecular weight excluding hydrogens is 204 g/mol. The van der Waals surface area contributed by atoms with Crippen LogP contribution in [0.25, 0.3) is 0 Å². The molecule has 0 aromatic rings. The van der Waals surface area contributed by atoms with Crippen LogP contribution in [0.1, 0.15) is 20.3 Å². The summed E-state index contributed by atoms with van der Waals surface area (Å²) >= 11 is 0. The minimum atomic E-state index is -0.788. The topological polar surface area (TPSA) is 71.1 Å². The third-order valence-corrected chi connectivity index (χ3v) is 1.36. The lowest BCUT2D eigenvalue weighted by Gasteiger charge is -2.10. The Bertz CT molecular complexity index is 203. The maximum Gasteiger partial charge on any atom is 0.508 e. The van der Waals surface area contributed by atoms with Crippen LogP contribution < -0.4 is 0 Å². The number of rotatable bonds is 5. The normalized spacial score (nSPS) is 9.60. The van der Waals surface area contributed by atoms with Crippen molar-refractivity contribution in [2.75, 3.05) is 20.3 Å². The zero-order chi connectivity index (χ0) is 11.7. The minimum Gasteiger partial charge on any atom is -0.438 e. The average molecular weight is 219 g/mol. The first-order chi connectivity index (χ1) is 7.10. The smallest absolute Gasteiger partial charge is 0.438 e. The fourth-order valence-corrected chi connectivity index (χ4v) is 0.673. The van der Waals surface area contributed by atoms with Gasteiger partial charge in [0.1, 0.15) is 0 Å². The first kappa shape index (κ1) is 13.5. The number of hydrogen-bond acceptors (Lipinski definition) is 6. The Morgan fingerprint density at radius 3 is 2.33 bits per heavy atom. The number of methoxy groups -OCH3 is 1. The van der Waals surface area contributed by atoms with Crippen LogP contribution >= 0.6 is 0 Å². The molecule has 0 N–H and O–H groups in total. The summed E-state index contributed by atoms with van der Waals surface area (Å²) in [5.41, 5.74) is 0. The Morgan fingerprint density at radius 2 is 1.80 bits per heavy atom. The van der Waals surface area contributed by atoms with Crippen molar-refractivity contribution in [1.82, 2.24) is 0 Å². The molecule has 15 heavy (non-hydrogen) atoms. The van der Waals surface area contributed by atoms with E-state index in [1.54, 1.807) is 13.8 Å². The van der Waals surface area contributed by atoms with Gasteiger partial charge >= 0.3 is 12.3 Å². The van der Waals surface area contributed by atoms with Crippen molar-refractivity contribution < 1.29 is 28.5 Å². The molecule has 0 aliphatic rings. The second kappa shape index (κ2) is 7.90.